The van der Waals surface area contributed by atoms with Crippen molar-refractivity contribution in [1.82, 2.24) is 0 Å². The van der Waals surface area contributed by atoms with E-state index in [1.807, 2.05) is 19.1 Å². The molecule has 1 aromatic rings. The largest absolute Gasteiger partial charge is 0.328 e. The van der Waals surface area contributed by atoms with Gasteiger partial charge in [-0.15, -0.1) is 0 Å². The highest BCUT2D eigenvalue weighted by Gasteiger charge is 2.39. The number of hydrogen-bond donors (Lipinski definition) is 1. The molecule has 2 unspecified atom stereocenters. The Morgan fingerprint density at radius 3 is 2.80 bits per heavy atom. The molecule has 2 N–H and O–H groups in total. The van der Waals surface area contributed by atoms with Gasteiger partial charge in [0.2, 0.25) is 0 Å². The monoisotopic (exact) mass is 227 g/mol. The molecule has 0 bridgehead atoms. The number of aryl methyl sites for hydroxylation is 1. The summed E-state index contributed by atoms with van der Waals surface area (Å²) in [6, 6.07) is 5.40. The quantitative estimate of drug-likeness (QED) is 0.783. The zero-order valence-corrected chi connectivity index (χ0v) is 9.52. The fraction of sp³-hybridized carbons (Fsp3) is 0.500. The summed E-state index contributed by atoms with van der Waals surface area (Å²) in [7, 11) is 0. The maximum absolute atomic E-state index is 14.5. The first-order chi connectivity index (χ1) is 7.01. The van der Waals surface area contributed by atoms with Gasteiger partial charge in [-0.3, -0.25) is 0 Å². The third-order valence-corrected chi connectivity index (χ3v) is 3.59. The summed E-state index contributed by atoms with van der Waals surface area (Å²) in [5.74, 6) is 0. The van der Waals surface area contributed by atoms with Gasteiger partial charge in [-0.1, -0.05) is 23.7 Å². The van der Waals surface area contributed by atoms with Crippen LogP contribution in [0.25, 0.3) is 0 Å². The lowest BCUT2D eigenvalue weighted by Gasteiger charge is -2.20. The first kappa shape index (κ1) is 10.9. The highest BCUT2D eigenvalue weighted by molar-refractivity contribution is 6.31. The summed E-state index contributed by atoms with van der Waals surface area (Å²) in [5, 5.41) is 0.630. The second kappa shape index (κ2) is 3.76. The lowest BCUT2D eigenvalue weighted by molar-refractivity contribution is 0.172. The van der Waals surface area contributed by atoms with Crippen molar-refractivity contribution in [3.63, 3.8) is 0 Å². The number of nitrogens with two attached hydrogens (primary N) is 1. The molecule has 1 aliphatic rings. The van der Waals surface area contributed by atoms with Gasteiger partial charge in [-0.25, -0.2) is 4.39 Å². The fourth-order valence-electron chi connectivity index (χ4n) is 2.17. The summed E-state index contributed by atoms with van der Waals surface area (Å²) in [6.45, 7) is 1.91. The van der Waals surface area contributed by atoms with Crippen molar-refractivity contribution in [2.75, 3.05) is 0 Å². The van der Waals surface area contributed by atoms with Crippen LogP contribution in [-0.2, 0) is 5.67 Å². The van der Waals surface area contributed by atoms with Crippen molar-refractivity contribution in [3.8, 4) is 0 Å². The van der Waals surface area contributed by atoms with Crippen LogP contribution in [-0.4, -0.2) is 6.04 Å². The maximum atomic E-state index is 14.5. The van der Waals surface area contributed by atoms with E-state index in [2.05, 4.69) is 0 Å². The molecule has 1 nitrogen and oxygen atoms in total. The maximum Gasteiger partial charge on any atom is 0.137 e. The van der Waals surface area contributed by atoms with Gasteiger partial charge in [0.15, 0.2) is 0 Å². The molecule has 2 rings (SSSR count). The van der Waals surface area contributed by atoms with Crippen LogP contribution in [0.15, 0.2) is 18.2 Å². The smallest absolute Gasteiger partial charge is 0.137 e. The zero-order chi connectivity index (χ0) is 11.1. The Bertz CT molecular complexity index is 380. The molecule has 1 aromatic carbocycles. The van der Waals surface area contributed by atoms with Crippen LogP contribution in [0.1, 0.15) is 30.4 Å². The minimum Gasteiger partial charge on any atom is -0.328 e. The third kappa shape index (κ3) is 2.01. The normalized spacial score (nSPS) is 30.8. The Morgan fingerprint density at radius 1 is 1.53 bits per heavy atom. The average Bonchev–Trinajstić information content (AvgIpc) is 2.52. The van der Waals surface area contributed by atoms with E-state index in [1.165, 1.54) is 0 Å². The van der Waals surface area contributed by atoms with Crippen LogP contribution in [0.4, 0.5) is 4.39 Å². The number of alkyl halides is 1. The summed E-state index contributed by atoms with van der Waals surface area (Å²) < 4.78 is 14.5. The van der Waals surface area contributed by atoms with Gasteiger partial charge in [0.1, 0.15) is 5.67 Å². The van der Waals surface area contributed by atoms with Crippen molar-refractivity contribution >= 4 is 11.6 Å². The number of benzene rings is 1. The van der Waals surface area contributed by atoms with Crippen LogP contribution in [0, 0.1) is 6.92 Å². The Labute approximate surface area is 94.4 Å². The molecule has 1 fully saturated rings. The van der Waals surface area contributed by atoms with Crippen LogP contribution in [0.2, 0.25) is 5.02 Å². The SMILES string of the molecule is Cc1ccc(C2(F)CCC(N)C2)cc1Cl. The molecule has 2 atom stereocenters. The number of halogens is 2. The Balaban J connectivity index is 2.33. The molecule has 82 valence electrons. The highest BCUT2D eigenvalue weighted by atomic mass is 35.5. The Kier molecular flexibility index (Phi) is 2.73. The predicted molar refractivity (Wildman–Crippen MR) is 60.8 cm³/mol. The molecular formula is C12H15ClFN. The molecule has 15 heavy (non-hydrogen) atoms. The van der Waals surface area contributed by atoms with Gasteiger partial charge in [0.25, 0.3) is 0 Å². The van der Waals surface area contributed by atoms with E-state index in [-0.39, 0.29) is 6.04 Å². The fourth-order valence-corrected chi connectivity index (χ4v) is 2.35. The number of hydrogen-bond acceptors (Lipinski definition) is 1. The summed E-state index contributed by atoms with van der Waals surface area (Å²) in [5.41, 5.74) is 6.13. The van der Waals surface area contributed by atoms with E-state index in [0.29, 0.717) is 23.4 Å². The average molecular weight is 228 g/mol. The van der Waals surface area contributed by atoms with Crippen LogP contribution >= 0.6 is 11.6 Å². The first-order valence-electron chi connectivity index (χ1n) is 5.22. The van der Waals surface area contributed by atoms with Crippen molar-refractivity contribution in [1.29, 1.82) is 0 Å². The highest BCUT2D eigenvalue weighted by Crippen LogP contribution is 2.42. The van der Waals surface area contributed by atoms with E-state index in [9.17, 15) is 4.39 Å². The molecule has 0 aromatic heterocycles. The summed E-state index contributed by atoms with van der Waals surface area (Å²) in [6.07, 6.45) is 1.67. The van der Waals surface area contributed by atoms with Crippen molar-refractivity contribution in [2.45, 2.75) is 37.9 Å². The van der Waals surface area contributed by atoms with Gasteiger partial charge in [0, 0.05) is 17.5 Å². The zero-order valence-electron chi connectivity index (χ0n) is 8.76. The minimum atomic E-state index is -1.27. The lowest BCUT2D eigenvalue weighted by Crippen LogP contribution is -2.21. The van der Waals surface area contributed by atoms with Gasteiger partial charge < -0.3 is 5.73 Å². The third-order valence-electron chi connectivity index (χ3n) is 3.19. The van der Waals surface area contributed by atoms with E-state index in [1.54, 1.807) is 6.07 Å². The van der Waals surface area contributed by atoms with Crippen LogP contribution in [0.5, 0.6) is 0 Å². The molecule has 0 radical (unpaired) electrons. The summed E-state index contributed by atoms with van der Waals surface area (Å²) >= 11 is 5.99. The first-order valence-corrected chi connectivity index (χ1v) is 5.60. The summed E-state index contributed by atoms with van der Waals surface area (Å²) in [4.78, 5) is 0. The standard InChI is InChI=1S/C12H15ClFN/c1-8-2-3-9(6-11(8)13)12(14)5-4-10(15)7-12/h2-3,6,10H,4-5,7,15H2,1H3. The van der Waals surface area contributed by atoms with Crippen LogP contribution < -0.4 is 5.73 Å². The van der Waals surface area contributed by atoms with E-state index < -0.39 is 5.67 Å². The molecule has 0 aliphatic heterocycles. The molecule has 3 heteroatoms. The minimum absolute atomic E-state index is 0.0184. The van der Waals surface area contributed by atoms with Crippen molar-refractivity contribution in [3.05, 3.63) is 34.3 Å². The second-order valence-electron chi connectivity index (χ2n) is 4.43. The molecule has 0 amide bonds. The lowest BCUT2D eigenvalue weighted by atomic mass is 9.93. The predicted octanol–water partition coefficient (Wildman–Crippen LogP) is 3.32. The molecule has 1 saturated carbocycles. The molecule has 1 aliphatic carbocycles. The van der Waals surface area contributed by atoms with Gasteiger partial charge in [0.05, 0.1) is 0 Å². The van der Waals surface area contributed by atoms with Crippen LogP contribution in [0.3, 0.4) is 0 Å². The van der Waals surface area contributed by atoms with Crippen molar-refractivity contribution < 1.29 is 4.39 Å². The Morgan fingerprint density at radius 2 is 2.27 bits per heavy atom. The second-order valence-corrected chi connectivity index (χ2v) is 4.84. The van der Waals surface area contributed by atoms with E-state index >= 15 is 0 Å². The van der Waals surface area contributed by atoms with Gasteiger partial charge in [-0.2, -0.15) is 0 Å². The van der Waals surface area contributed by atoms with Gasteiger partial charge >= 0.3 is 0 Å². The molecule has 0 saturated heterocycles. The molecule has 0 heterocycles. The Hall–Kier alpha value is -0.600. The topological polar surface area (TPSA) is 26.0 Å². The van der Waals surface area contributed by atoms with E-state index in [4.69, 9.17) is 17.3 Å². The number of rotatable bonds is 1. The molecule has 0 spiro atoms. The molecular weight excluding hydrogens is 213 g/mol. The van der Waals surface area contributed by atoms with E-state index in [0.717, 1.165) is 12.0 Å². The van der Waals surface area contributed by atoms with Crippen molar-refractivity contribution in [2.24, 2.45) is 5.73 Å². The van der Waals surface area contributed by atoms with Gasteiger partial charge in [-0.05, 0) is 37.0 Å².